The number of aliphatic imine (C=N–C) groups is 1. The first-order valence-corrected chi connectivity index (χ1v) is 8.39. The molecule has 26 heavy (non-hydrogen) atoms. The minimum Gasteiger partial charge on any atom is -0.444 e. The van der Waals surface area contributed by atoms with Crippen LogP contribution < -0.4 is 22.1 Å². The van der Waals surface area contributed by atoms with Crippen molar-refractivity contribution in [2.75, 3.05) is 6.54 Å². The molecule has 8 nitrogen and oxygen atoms in total. The lowest BCUT2D eigenvalue weighted by molar-refractivity contribution is -0.123. The fourth-order valence-corrected chi connectivity index (χ4v) is 2.10. The van der Waals surface area contributed by atoms with Crippen molar-refractivity contribution in [3.63, 3.8) is 0 Å². The van der Waals surface area contributed by atoms with Crippen molar-refractivity contribution in [3.8, 4) is 0 Å². The Kier molecular flexibility index (Phi) is 7.73. The summed E-state index contributed by atoms with van der Waals surface area (Å²) in [6, 6.07) is 8.65. The van der Waals surface area contributed by atoms with Gasteiger partial charge in [-0.3, -0.25) is 9.79 Å². The van der Waals surface area contributed by atoms with Gasteiger partial charge in [0.1, 0.15) is 11.6 Å². The van der Waals surface area contributed by atoms with E-state index in [1.165, 1.54) is 0 Å². The van der Waals surface area contributed by atoms with E-state index in [0.717, 1.165) is 5.56 Å². The average Bonchev–Trinajstić information content (AvgIpc) is 2.62. The standard InChI is InChI=1S/C18H29N5O3/c1-18(2,3)26-17(25)23-14(10-7-11-21-16(19)20)15(24)22-12-13-8-5-4-6-9-13/h4-6,8-9,14H,7,10-12H2,1-3H3,(H,22,24)(H,23,25)(H4,19,20,21)/t14-/m0/s1/i1D. The summed E-state index contributed by atoms with van der Waals surface area (Å²) in [6.45, 7) is 3.86. The number of amides is 2. The summed E-state index contributed by atoms with van der Waals surface area (Å²) in [5.41, 5.74) is 10.6. The molecule has 2 amide bonds. The summed E-state index contributed by atoms with van der Waals surface area (Å²) >= 11 is 0. The fourth-order valence-electron chi connectivity index (χ4n) is 2.10. The maximum Gasteiger partial charge on any atom is 0.408 e. The second kappa shape index (κ2) is 10.3. The minimum absolute atomic E-state index is 0.0235. The molecular formula is C18H29N5O3. The zero-order chi connectivity index (χ0) is 20.3. The molecule has 0 aromatic heterocycles. The summed E-state index contributed by atoms with van der Waals surface area (Å²) in [5.74, 6) is -0.353. The number of carbonyl (C=O) groups is 2. The van der Waals surface area contributed by atoms with Crippen molar-refractivity contribution in [3.05, 3.63) is 35.9 Å². The van der Waals surface area contributed by atoms with E-state index < -0.39 is 17.7 Å². The third-order valence-corrected chi connectivity index (χ3v) is 3.23. The van der Waals surface area contributed by atoms with Crippen molar-refractivity contribution in [2.24, 2.45) is 16.5 Å². The SMILES string of the molecule is [2H]CC(C)(C)OC(=O)N[C@@H](CCCN=C(N)N)C(=O)NCc1ccccc1. The van der Waals surface area contributed by atoms with Crippen LogP contribution in [0.15, 0.2) is 35.3 Å². The van der Waals surface area contributed by atoms with Crippen molar-refractivity contribution < 1.29 is 15.7 Å². The van der Waals surface area contributed by atoms with Crippen LogP contribution in [-0.2, 0) is 16.1 Å². The molecule has 0 aliphatic heterocycles. The van der Waals surface area contributed by atoms with Gasteiger partial charge in [0, 0.05) is 14.5 Å². The van der Waals surface area contributed by atoms with Crippen LogP contribution in [0.1, 0.15) is 40.5 Å². The smallest absolute Gasteiger partial charge is 0.408 e. The van der Waals surface area contributed by atoms with Crippen LogP contribution >= 0.6 is 0 Å². The number of hydrogen-bond donors (Lipinski definition) is 4. The average molecular weight is 364 g/mol. The van der Waals surface area contributed by atoms with Gasteiger partial charge in [-0.25, -0.2) is 4.79 Å². The van der Waals surface area contributed by atoms with Crippen molar-refractivity contribution >= 4 is 18.0 Å². The first-order valence-electron chi connectivity index (χ1n) is 9.10. The summed E-state index contributed by atoms with van der Waals surface area (Å²) in [7, 11) is 0. The van der Waals surface area contributed by atoms with Gasteiger partial charge < -0.3 is 26.8 Å². The summed E-state index contributed by atoms with van der Waals surface area (Å²) in [6.07, 6.45) is 0.103. The van der Waals surface area contributed by atoms with Crippen LogP contribution in [0.5, 0.6) is 0 Å². The summed E-state index contributed by atoms with van der Waals surface area (Å²) < 4.78 is 12.6. The molecule has 0 spiro atoms. The van der Waals surface area contributed by atoms with Crippen LogP contribution in [0, 0.1) is 0 Å². The highest BCUT2D eigenvalue weighted by atomic mass is 16.6. The lowest BCUT2D eigenvalue weighted by atomic mass is 10.1. The van der Waals surface area contributed by atoms with Gasteiger partial charge in [0.25, 0.3) is 0 Å². The Balaban J connectivity index is 2.66. The molecule has 1 atom stereocenters. The topological polar surface area (TPSA) is 132 Å². The molecule has 0 aliphatic rings. The molecule has 0 saturated heterocycles. The van der Waals surface area contributed by atoms with E-state index in [1.54, 1.807) is 13.8 Å². The molecule has 0 unspecified atom stereocenters. The molecule has 1 rings (SSSR count). The number of nitrogens with zero attached hydrogens (tertiary/aromatic N) is 1. The van der Waals surface area contributed by atoms with Gasteiger partial charge in [0.15, 0.2) is 5.96 Å². The van der Waals surface area contributed by atoms with E-state index in [2.05, 4.69) is 15.6 Å². The molecule has 1 aromatic rings. The first kappa shape index (κ1) is 19.6. The van der Waals surface area contributed by atoms with Crippen molar-refractivity contribution in [1.82, 2.24) is 10.6 Å². The predicted octanol–water partition coefficient (Wildman–Crippen LogP) is 1.25. The number of benzene rings is 1. The molecule has 0 aliphatic carbocycles. The third kappa shape index (κ3) is 9.51. The summed E-state index contributed by atoms with van der Waals surface area (Å²) in [4.78, 5) is 28.5. The van der Waals surface area contributed by atoms with Gasteiger partial charge in [-0.1, -0.05) is 30.3 Å². The van der Waals surface area contributed by atoms with Gasteiger partial charge in [0.05, 0.1) is 0 Å². The number of ether oxygens (including phenoxy) is 1. The predicted molar refractivity (Wildman–Crippen MR) is 101 cm³/mol. The lowest BCUT2D eigenvalue weighted by Crippen LogP contribution is -2.48. The Bertz CT molecular complexity index is 633. The third-order valence-electron chi connectivity index (χ3n) is 3.23. The minimum atomic E-state index is -0.937. The van der Waals surface area contributed by atoms with Crippen LogP contribution in [0.3, 0.4) is 0 Å². The van der Waals surface area contributed by atoms with Gasteiger partial charge in [-0.05, 0) is 39.2 Å². The molecule has 0 heterocycles. The van der Waals surface area contributed by atoms with Crippen LogP contribution in [0.4, 0.5) is 4.79 Å². The summed E-state index contributed by atoms with van der Waals surface area (Å²) in [5, 5.41) is 5.36. The Morgan fingerprint density at radius 2 is 2.00 bits per heavy atom. The molecule has 0 fully saturated rings. The maximum atomic E-state index is 12.5. The Hall–Kier alpha value is -2.77. The van der Waals surface area contributed by atoms with E-state index in [0.29, 0.717) is 25.9 Å². The van der Waals surface area contributed by atoms with E-state index >= 15 is 0 Å². The Labute approximate surface area is 155 Å². The highest BCUT2D eigenvalue weighted by molar-refractivity contribution is 5.85. The molecule has 6 N–H and O–H groups in total. The van der Waals surface area contributed by atoms with Crippen LogP contribution in [0.2, 0.25) is 0 Å². The Morgan fingerprint density at radius 3 is 2.62 bits per heavy atom. The van der Waals surface area contributed by atoms with E-state index in [4.69, 9.17) is 17.6 Å². The number of carbonyl (C=O) groups excluding carboxylic acids is 2. The monoisotopic (exact) mass is 364 g/mol. The highest BCUT2D eigenvalue weighted by Gasteiger charge is 2.23. The number of nitrogens with one attached hydrogen (secondary N) is 2. The van der Waals surface area contributed by atoms with Gasteiger partial charge in [-0.2, -0.15) is 0 Å². The van der Waals surface area contributed by atoms with Gasteiger partial charge in [0.2, 0.25) is 5.91 Å². The van der Waals surface area contributed by atoms with E-state index in [-0.39, 0.29) is 18.8 Å². The number of hydrogen-bond acceptors (Lipinski definition) is 4. The molecule has 0 bridgehead atoms. The lowest BCUT2D eigenvalue weighted by Gasteiger charge is -2.23. The van der Waals surface area contributed by atoms with E-state index in [1.807, 2.05) is 30.3 Å². The fraction of sp³-hybridized carbons (Fsp3) is 0.500. The molecule has 8 heteroatoms. The van der Waals surface area contributed by atoms with Crippen molar-refractivity contribution in [1.29, 1.82) is 0 Å². The van der Waals surface area contributed by atoms with E-state index in [9.17, 15) is 9.59 Å². The molecule has 144 valence electrons. The molecule has 0 saturated carbocycles. The molecule has 1 aromatic carbocycles. The second-order valence-corrected chi connectivity index (χ2v) is 6.50. The quantitative estimate of drug-likeness (QED) is 0.313. The normalized spacial score (nSPS) is 12.5. The molecule has 0 radical (unpaired) electrons. The largest absolute Gasteiger partial charge is 0.444 e. The number of alkyl carbamates (subject to hydrolysis) is 1. The number of nitrogens with two attached hydrogens (primary N) is 2. The number of rotatable bonds is 8. The van der Waals surface area contributed by atoms with Crippen LogP contribution in [-0.4, -0.2) is 36.1 Å². The van der Waals surface area contributed by atoms with Crippen molar-refractivity contribution in [2.45, 2.75) is 51.8 Å². The Morgan fingerprint density at radius 1 is 1.31 bits per heavy atom. The van der Waals surface area contributed by atoms with Gasteiger partial charge >= 0.3 is 6.09 Å². The highest BCUT2D eigenvalue weighted by Crippen LogP contribution is 2.08. The molecular weight excluding hydrogens is 334 g/mol. The zero-order valence-corrected chi connectivity index (χ0v) is 15.3. The second-order valence-electron chi connectivity index (χ2n) is 6.50. The maximum absolute atomic E-state index is 12.5. The van der Waals surface area contributed by atoms with Gasteiger partial charge in [-0.15, -0.1) is 0 Å². The zero-order valence-electron chi connectivity index (χ0n) is 16.3. The first-order chi connectivity index (χ1) is 12.7. The number of guanidine groups is 1. The van der Waals surface area contributed by atoms with Crippen LogP contribution in [0.25, 0.3) is 0 Å².